The lowest BCUT2D eigenvalue weighted by Gasteiger charge is -2.42. The molecule has 44 heteroatoms. The van der Waals surface area contributed by atoms with Crippen LogP contribution in [0.25, 0.3) is 0 Å². The third kappa shape index (κ3) is 34.2. The van der Waals surface area contributed by atoms with Crippen molar-refractivity contribution in [2.24, 2.45) is 5.92 Å². The zero-order valence-electron chi connectivity index (χ0n) is 67.4. The maximum absolute atomic E-state index is 14.1. The molecule has 0 saturated carbocycles. The average Bonchev–Trinajstić information content (AvgIpc) is 1.75. The van der Waals surface area contributed by atoms with E-state index in [0.29, 0.717) is 122 Å². The highest BCUT2D eigenvalue weighted by molar-refractivity contribution is 7.47. The Labute approximate surface area is 681 Å². The van der Waals surface area contributed by atoms with Crippen LogP contribution in [0.2, 0.25) is 0 Å². The lowest BCUT2D eigenvalue weighted by Crippen LogP contribution is -2.64. The molecule has 0 spiro atoms. The van der Waals surface area contributed by atoms with Crippen molar-refractivity contribution >= 4 is 68.8 Å². The van der Waals surface area contributed by atoms with E-state index in [1.54, 1.807) is 4.90 Å². The van der Waals surface area contributed by atoms with E-state index in [4.69, 9.17) is 46.5 Å². The molecule has 23 atom stereocenters. The maximum Gasteiger partial charge on any atom is 0.472 e. The summed E-state index contributed by atoms with van der Waals surface area (Å²) in [6, 6.07) is -5.65. The Morgan fingerprint density at radius 2 is 0.684 bits per heavy atom. The van der Waals surface area contributed by atoms with Gasteiger partial charge in [-0.25, -0.2) is 9.13 Å². The number of unbranched alkanes of at least 4 members (excludes halogenated alkanes) is 9. The van der Waals surface area contributed by atoms with Gasteiger partial charge in [-0.1, -0.05) is 26.2 Å². The lowest BCUT2D eigenvalue weighted by molar-refractivity contribution is -0.270. The smallest absolute Gasteiger partial charge is 0.394 e. The molecule has 42 nitrogen and oxygen atoms in total. The van der Waals surface area contributed by atoms with Gasteiger partial charge in [0.15, 0.2) is 18.9 Å². The number of amides is 9. The number of rotatable bonds is 53. The molecule has 0 aromatic heterocycles. The van der Waals surface area contributed by atoms with Gasteiger partial charge in [-0.15, -0.1) is 0 Å². The first-order valence-corrected chi connectivity index (χ1v) is 43.8. The van der Waals surface area contributed by atoms with Gasteiger partial charge in [0.2, 0.25) is 53.2 Å². The van der Waals surface area contributed by atoms with E-state index in [1.807, 2.05) is 6.92 Å². The van der Waals surface area contributed by atoms with Crippen LogP contribution in [0.3, 0.4) is 0 Å². The van der Waals surface area contributed by atoms with Crippen molar-refractivity contribution in [1.29, 1.82) is 0 Å². The summed E-state index contributed by atoms with van der Waals surface area (Å²) in [4.78, 5) is 141. The summed E-state index contributed by atoms with van der Waals surface area (Å²) in [6.45, 7) is 3.45. The Bertz CT molecular complexity index is 3180. The van der Waals surface area contributed by atoms with Crippen LogP contribution in [0, 0.1) is 5.92 Å². The summed E-state index contributed by atoms with van der Waals surface area (Å²) >= 11 is 0. The van der Waals surface area contributed by atoms with Crippen LogP contribution >= 0.6 is 15.6 Å². The van der Waals surface area contributed by atoms with Crippen LogP contribution in [-0.4, -0.2) is 350 Å². The molecule has 18 N–H and O–H groups in total. The Balaban J connectivity index is 0.923. The van der Waals surface area contributed by atoms with Crippen molar-refractivity contribution in [3.63, 3.8) is 0 Å². The molecule has 0 aromatic carbocycles. The van der Waals surface area contributed by atoms with Crippen LogP contribution in [0.15, 0.2) is 0 Å². The summed E-state index contributed by atoms with van der Waals surface area (Å²) in [5, 5.41) is 117. The highest BCUT2D eigenvalue weighted by Crippen LogP contribution is 2.50. The Morgan fingerprint density at radius 1 is 0.385 bits per heavy atom. The number of carbonyl (C=O) groups excluding carboxylic acids is 9. The summed E-state index contributed by atoms with van der Waals surface area (Å²) in [6.07, 6.45) is -10.2. The predicted molar refractivity (Wildman–Crippen MR) is 408 cm³/mol. The maximum atomic E-state index is 14.1. The van der Waals surface area contributed by atoms with Gasteiger partial charge in [-0.05, 0) is 102 Å². The number of nitrogens with zero attached hydrogens (tertiary/aromatic N) is 3. The summed E-state index contributed by atoms with van der Waals surface area (Å²) < 4.78 is 83.6. The molecule has 0 bridgehead atoms. The van der Waals surface area contributed by atoms with E-state index in [-0.39, 0.29) is 133 Å². The molecule has 6 heterocycles. The van der Waals surface area contributed by atoms with Crippen molar-refractivity contribution in [1.82, 2.24) is 46.6 Å². The summed E-state index contributed by atoms with van der Waals surface area (Å²) in [5.74, 6) is -3.17. The molecule has 6 fully saturated rings. The van der Waals surface area contributed by atoms with Crippen LogP contribution in [0.1, 0.15) is 182 Å². The SMILES string of the molecule is CC(=O)NC1[C@H](OCCCCC(=O)NCCCCCC(=O)N2C[C@H](C)C[C@H]2COP(=O)(O)O[C@@H]2C[C@@H](COP(=O)(O)O[C@@H]3C[C@@H](CO)N(C(=O)CCCCCNC(=O)CCCCO[C@@H]4OC(CO)[C@H](O)[C@H](O)C4NC(C)=O)C3)N(C(=O)CCCCCNC(=O)CCCCO[C@@H]3OC(CO)[C@H](O)[C@H](O)C3NC(C)=O)C2)OC(CO)[C@H](O)[C@@H]1O. The number of carbonyl (C=O) groups is 9. The molecule has 0 radical (unpaired) electrons. The van der Waals surface area contributed by atoms with Gasteiger partial charge < -0.3 is 136 Å². The van der Waals surface area contributed by atoms with Gasteiger partial charge in [0.05, 0.1) is 70.0 Å². The second-order valence-corrected chi connectivity index (χ2v) is 33.7. The van der Waals surface area contributed by atoms with Crippen LogP contribution in [-0.2, 0) is 98.8 Å². The summed E-state index contributed by atoms with van der Waals surface area (Å²) in [7, 11) is -9.92. The summed E-state index contributed by atoms with van der Waals surface area (Å²) in [5.41, 5.74) is 0. The molecule has 8 unspecified atom stereocenters. The standard InChI is InChI=1S/C73H129N9O33P2/c1-44-32-49(80(35-44)59(93)23-8-5-14-26-74-56(90)20-11-17-29-106-71-62(77-45(2)87)68(99)65(96)53(39-84)111-71)42-109-116(102,103)115-52-34-50(82(37-52)61(95)25-10-7-16-28-76-58(92)22-13-19-31-108-73-64(79-47(4)89)70(101)67(98)55(41-86)113-73)43-110-117(104,105)114-51-33-48(38-83)81(36-51)60(94)24-9-6-15-27-75-57(91)21-12-18-30-107-72-63(78-46(3)88)69(100)66(97)54(40-85)112-72/h44,48-55,62-73,83-86,96-101H,5-43H2,1-4H3,(H,74,90)(H,75,91)(H,76,92)(H,77,87)(H,78,88)(H,79,89)(H,102,103)(H,104,105)/t44-,48+,49+,50+,51-,52-,53?,54?,55?,62?,63?,64?,65+,66+,67+,68-,69-,70-,71-,72-,73-/m1/s1. The number of aliphatic hydroxyl groups excluding tert-OH is 10. The minimum atomic E-state index is -4.99. The van der Waals surface area contributed by atoms with E-state index in [0.717, 1.165) is 0 Å². The first-order valence-electron chi connectivity index (χ1n) is 40.8. The van der Waals surface area contributed by atoms with Crippen LogP contribution in [0.4, 0.5) is 0 Å². The monoisotopic (exact) mass is 1720 g/mol. The number of likely N-dealkylation sites (tertiary alicyclic amines) is 3. The molecule has 0 aliphatic carbocycles. The van der Waals surface area contributed by atoms with E-state index in [2.05, 4.69) is 31.9 Å². The number of phosphoric acid groups is 2. The Kier molecular flexibility index (Phi) is 44.4. The first kappa shape index (κ1) is 101. The molecule has 674 valence electrons. The molecule has 6 aliphatic rings. The molecular weight excluding hydrogens is 1590 g/mol. The number of ether oxygens (including phenoxy) is 6. The van der Waals surface area contributed by atoms with Crippen LogP contribution in [0.5, 0.6) is 0 Å². The minimum Gasteiger partial charge on any atom is -0.394 e. The molecule has 0 aromatic rings. The predicted octanol–water partition coefficient (Wildman–Crippen LogP) is -3.16. The van der Waals surface area contributed by atoms with E-state index >= 15 is 0 Å². The lowest BCUT2D eigenvalue weighted by atomic mass is 9.97. The molecular formula is C73H129N9O33P2. The second-order valence-electron chi connectivity index (χ2n) is 30.8. The van der Waals surface area contributed by atoms with E-state index in [9.17, 15) is 113 Å². The van der Waals surface area contributed by atoms with Gasteiger partial charge in [0.1, 0.15) is 73.1 Å². The quantitative estimate of drug-likeness (QED) is 0.0211. The first-order chi connectivity index (χ1) is 55.7. The average molecular weight is 1720 g/mol. The largest absolute Gasteiger partial charge is 0.472 e. The molecule has 9 amide bonds. The highest BCUT2D eigenvalue weighted by Gasteiger charge is 2.50. The topological polar surface area (TPSA) is 605 Å². The van der Waals surface area contributed by atoms with Crippen molar-refractivity contribution in [2.45, 2.75) is 304 Å². The molecule has 117 heavy (non-hydrogen) atoms. The third-order valence-corrected chi connectivity index (χ3v) is 23.2. The zero-order chi connectivity index (χ0) is 85.9. The Hall–Kier alpha value is -5.19. The zero-order valence-corrected chi connectivity index (χ0v) is 69.2. The van der Waals surface area contributed by atoms with Crippen molar-refractivity contribution in [2.75, 3.05) is 98.7 Å². The van der Waals surface area contributed by atoms with E-state index < -0.39 is 195 Å². The molecule has 6 aliphatic heterocycles. The number of aliphatic hydroxyl groups is 10. The number of hydrogen-bond acceptors (Lipinski definition) is 31. The highest BCUT2D eigenvalue weighted by atomic mass is 31.2. The fourth-order valence-corrected chi connectivity index (χ4v) is 16.9. The van der Waals surface area contributed by atoms with Gasteiger partial charge in [-0.2, -0.15) is 0 Å². The second kappa shape index (κ2) is 51.7. The minimum absolute atomic E-state index is 0.0171. The Morgan fingerprint density at radius 3 is 1.00 bits per heavy atom. The third-order valence-electron chi connectivity index (χ3n) is 21.1. The molecule has 6 saturated heterocycles. The fraction of sp³-hybridized carbons (Fsp3) is 0.877. The van der Waals surface area contributed by atoms with Crippen molar-refractivity contribution in [3.05, 3.63) is 0 Å². The van der Waals surface area contributed by atoms with Gasteiger partial charge in [0.25, 0.3) is 0 Å². The van der Waals surface area contributed by atoms with Crippen LogP contribution < -0.4 is 31.9 Å². The van der Waals surface area contributed by atoms with Crippen molar-refractivity contribution in [3.8, 4) is 0 Å². The van der Waals surface area contributed by atoms with Crippen molar-refractivity contribution < 1.29 is 160 Å². The van der Waals surface area contributed by atoms with Gasteiger partial charge >= 0.3 is 15.6 Å². The van der Waals surface area contributed by atoms with E-state index in [1.165, 1.54) is 30.6 Å². The molecule has 6 rings (SSSR count). The van der Waals surface area contributed by atoms with Gasteiger partial charge in [0, 0.05) is 118 Å². The fourth-order valence-electron chi connectivity index (χ4n) is 15.0. The number of phosphoric ester groups is 2. The number of nitrogens with one attached hydrogen (secondary N) is 6. The number of hydrogen-bond donors (Lipinski definition) is 18. The normalized spacial score (nSPS) is 30.3. The van der Waals surface area contributed by atoms with Gasteiger partial charge in [-0.3, -0.25) is 61.2 Å².